The Morgan fingerprint density at radius 3 is 2.29 bits per heavy atom. The molecular weight excluding hydrogens is 483 g/mol. The van der Waals surface area contributed by atoms with Gasteiger partial charge in [-0.05, 0) is 54.1 Å². The molecule has 0 atom stereocenters. The number of aryl methyl sites for hydroxylation is 1. The maximum Gasteiger partial charge on any atom is 0.259 e. The van der Waals surface area contributed by atoms with Crippen molar-refractivity contribution >= 4 is 56.6 Å². The summed E-state index contributed by atoms with van der Waals surface area (Å²) in [5.41, 5.74) is 3.20. The van der Waals surface area contributed by atoms with Crippen molar-refractivity contribution in [2.45, 2.75) is 6.92 Å². The number of thiazole rings is 1. The molecule has 5 nitrogen and oxygen atoms in total. The van der Waals surface area contributed by atoms with Crippen molar-refractivity contribution < 1.29 is 9.59 Å². The van der Waals surface area contributed by atoms with Crippen molar-refractivity contribution in [3.8, 4) is 20.3 Å². The highest BCUT2D eigenvalue weighted by molar-refractivity contribution is 7.24. The Morgan fingerprint density at radius 1 is 0.794 bits per heavy atom. The Hall–Kier alpha value is -3.59. The van der Waals surface area contributed by atoms with Gasteiger partial charge in [-0.1, -0.05) is 53.3 Å². The number of aromatic nitrogens is 1. The first-order valence-corrected chi connectivity index (χ1v) is 13.0. The summed E-state index contributed by atoms with van der Waals surface area (Å²) in [7, 11) is 0. The van der Waals surface area contributed by atoms with Crippen LogP contribution in [0.15, 0.2) is 83.6 Å². The number of rotatable bonds is 6. The molecule has 168 valence electrons. The molecule has 34 heavy (non-hydrogen) atoms. The minimum Gasteiger partial charge on any atom is -0.321 e. The number of hydrogen-bond donors (Lipinski definition) is 2. The van der Waals surface area contributed by atoms with Crippen molar-refractivity contribution in [3.63, 3.8) is 0 Å². The number of thiophene rings is 2. The van der Waals surface area contributed by atoms with E-state index in [0.29, 0.717) is 21.9 Å². The standard InChI is InChI=1S/C26H19N3O2S3/c1-16-7-4-8-17(15-16)24(30)27-19-10-3-2-9-18(19)25(31)29-26-28-22(20-11-5-13-32-20)23(34-26)21-12-6-14-33-21/h2-15H,1H3,(H,27,30)(H,28,29,31). The van der Waals surface area contributed by atoms with Crippen molar-refractivity contribution in [1.29, 1.82) is 0 Å². The summed E-state index contributed by atoms with van der Waals surface area (Å²) in [6.07, 6.45) is 0. The van der Waals surface area contributed by atoms with Crippen LogP contribution in [0.1, 0.15) is 26.3 Å². The number of nitrogens with zero attached hydrogens (tertiary/aromatic N) is 1. The van der Waals surface area contributed by atoms with Crippen molar-refractivity contribution in [3.05, 3.63) is 100 Å². The quantitative estimate of drug-likeness (QED) is 0.254. The molecule has 2 amide bonds. The smallest absolute Gasteiger partial charge is 0.259 e. The van der Waals surface area contributed by atoms with E-state index in [1.165, 1.54) is 11.3 Å². The van der Waals surface area contributed by atoms with Gasteiger partial charge in [0.25, 0.3) is 11.8 Å². The van der Waals surface area contributed by atoms with Gasteiger partial charge in [-0.25, -0.2) is 4.98 Å². The average molecular weight is 502 g/mol. The summed E-state index contributed by atoms with van der Waals surface area (Å²) >= 11 is 4.70. The van der Waals surface area contributed by atoms with Gasteiger partial charge in [0.1, 0.15) is 5.69 Å². The Balaban J connectivity index is 1.41. The summed E-state index contributed by atoms with van der Waals surface area (Å²) in [5.74, 6) is -0.595. The number of hydrogen-bond acceptors (Lipinski definition) is 6. The average Bonchev–Trinajstić information content (AvgIpc) is 3.60. The van der Waals surface area contributed by atoms with Gasteiger partial charge >= 0.3 is 0 Å². The molecule has 0 radical (unpaired) electrons. The number of carbonyl (C=O) groups is 2. The third kappa shape index (κ3) is 4.70. The van der Waals surface area contributed by atoms with Crippen molar-refractivity contribution in [2.24, 2.45) is 0 Å². The molecule has 0 aliphatic carbocycles. The summed E-state index contributed by atoms with van der Waals surface area (Å²) in [6, 6.07) is 22.4. The fourth-order valence-electron chi connectivity index (χ4n) is 3.46. The van der Waals surface area contributed by atoms with E-state index in [2.05, 4.69) is 16.7 Å². The van der Waals surface area contributed by atoms with Crippen molar-refractivity contribution in [1.82, 2.24) is 4.98 Å². The van der Waals surface area contributed by atoms with Crippen LogP contribution in [-0.4, -0.2) is 16.8 Å². The van der Waals surface area contributed by atoms with Crippen LogP contribution < -0.4 is 10.6 Å². The number of benzene rings is 2. The zero-order chi connectivity index (χ0) is 23.5. The van der Waals surface area contributed by atoms with E-state index in [0.717, 1.165) is 25.9 Å². The minimum absolute atomic E-state index is 0.266. The summed E-state index contributed by atoms with van der Waals surface area (Å²) < 4.78 is 0. The molecule has 3 heterocycles. The molecule has 8 heteroatoms. The highest BCUT2D eigenvalue weighted by Crippen LogP contribution is 2.42. The highest BCUT2D eigenvalue weighted by Gasteiger charge is 2.20. The zero-order valence-electron chi connectivity index (χ0n) is 18.1. The van der Waals surface area contributed by atoms with Crippen LogP contribution in [0.3, 0.4) is 0 Å². The summed E-state index contributed by atoms with van der Waals surface area (Å²) in [4.78, 5) is 33.9. The van der Waals surface area contributed by atoms with Gasteiger partial charge in [-0.2, -0.15) is 0 Å². The summed E-state index contributed by atoms with van der Waals surface area (Å²) in [6.45, 7) is 1.93. The SMILES string of the molecule is Cc1cccc(C(=O)Nc2ccccc2C(=O)Nc2nc(-c3cccs3)c(-c3cccs3)s2)c1. The zero-order valence-corrected chi connectivity index (χ0v) is 20.5. The molecule has 2 N–H and O–H groups in total. The second-order valence-electron chi connectivity index (χ2n) is 7.47. The van der Waals surface area contributed by atoms with E-state index < -0.39 is 0 Å². The first kappa shape index (κ1) is 22.2. The van der Waals surface area contributed by atoms with E-state index in [1.807, 2.05) is 54.1 Å². The van der Waals surface area contributed by atoms with Crippen LogP contribution in [0.4, 0.5) is 10.8 Å². The predicted octanol–water partition coefficient (Wildman–Crippen LogP) is 7.41. The van der Waals surface area contributed by atoms with Crippen molar-refractivity contribution in [2.75, 3.05) is 10.6 Å². The van der Waals surface area contributed by atoms with Gasteiger partial charge in [0.15, 0.2) is 5.13 Å². The molecule has 0 bridgehead atoms. The Kier molecular flexibility index (Phi) is 6.35. The number of nitrogens with one attached hydrogen (secondary N) is 2. The van der Waals surface area contributed by atoms with Gasteiger partial charge in [0, 0.05) is 10.4 Å². The monoisotopic (exact) mass is 501 g/mol. The first-order valence-electron chi connectivity index (χ1n) is 10.5. The number of anilines is 2. The van der Waals surface area contributed by atoms with Gasteiger partial charge in [0.2, 0.25) is 0 Å². The summed E-state index contributed by atoms with van der Waals surface area (Å²) in [5, 5.41) is 10.3. The lowest BCUT2D eigenvalue weighted by Crippen LogP contribution is -2.18. The lowest BCUT2D eigenvalue weighted by molar-refractivity contribution is 0.102. The normalized spacial score (nSPS) is 10.7. The van der Waals surface area contributed by atoms with Crippen LogP contribution in [0.25, 0.3) is 20.3 Å². The highest BCUT2D eigenvalue weighted by atomic mass is 32.1. The van der Waals surface area contributed by atoms with Gasteiger partial charge in [-0.3, -0.25) is 14.9 Å². The molecule has 2 aromatic carbocycles. The van der Waals surface area contributed by atoms with E-state index in [-0.39, 0.29) is 11.8 Å². The first-order chi connectivity index (χ1) is 16.6. The van der Waals surface area contributed by atoms with Crippen LogP contribution in [0.5, 0.6) is 0 Å². The Labute approximate surface area is 208 Å². The molecular formula is C26H19N3O2S3. The topological polar surface area (TPSA) is 71.1 Å². The predicted molar refractivity (Wildman–Crippen MR) is 142 cm³/mol. The number of para-hydroxylation sites is 1. The molecule has 5 aromatic rings. The minimum atomic E-state index is -0.329. The van der Waals surface area contributed by atoms with Crippen LogP contribution >= 0.6 is 34.0 Å². The molecule has 0 spiro atoms. The fourth-order valence-corrected chi connectivity index (χ4v) is 6.08. The lowest BCUT2D eigenvalue weighted by atomic mass is 10.1. The van der Waals surface area contributed by atoms with Gasteiger partial charge in [-0.15, -0.1) is 22.7 Å². The maximum atomic E-state index is 13.2. The Bertz CT molecular complexity index is 1400. The third-order valence-electron chi connectivity index (χ3n) is 5.05. The molecule has 0 unspecified atom stereocenters. The number of carbonyl (C=O) groups excluding carboxylic acids is 2. The molecule has 5 rings (SSSR count). The lowest BCUT2D eigenvalue weighted by Gasteiger charge is -2.11. The molecule has 0 aliphatic heterocycles. The van der Waals surface area contributed by atoms with Crippen LogP contribution in [0, 0.1) is 6.92 Å². The van der Waals surface area contributed by atoms with Crippen LogP contribution in [-0.2, 0) is 0 Å². The molecule has 0 saturated carbocycles. The van der Waals surface area contributed by atoms with E-state index in [4.69, 9.17) is 4.98 Å². The Morgan fingerprint density at radius 2 is 1.56 bits per heavy atom. The van der Waals surface area contributed by atoms with Crippen LogP contribution in [0.2, 0.25) is 0 Å². The largest absolute Gasteiger partial charge is 0.321 e. The second kappa shape index (κ2) is 9.72. The molecule has 0 aliphatic rings. The molecule has 0 saturated heterocycles. The number of amides is 2. The van der Waals surface area contributed by atoms with E-state index >= 15 is 0 Å². The van der Waals surface area contributed by atoms with Gasteiger partial charge in [0.05, 0.1) is 21.0 Å². The third-order valence-corrected chi connectivity index (χ3v) is 7.94. The second-order valence-corrected chi connectivity index (χ2v) is 10.4. The van der Waals surface area contributed by atoms with E-state index in [1.54, 1.807) is 53.0 Å². The molecule has 3 aromatic heterocycles. The fraction of sp³-hybridized carbons (Fsp3) is 0.0385. The van der Waals surface area contributed by atoms with E-state index in [9.17, 15) is 9.59 Å². The van der Waals surface area contributed by atoms with Gasteiger partial charge < -0.3 is 5.32 Å². The maximum absolute atomic E-state index is 13.2. The molecule has 0 fully saturated rings.